The van der Waals surface area contributed by atoms with Gasteiger partial charge in [-0.15, -0.1) is 11.8 Å². The molecule has 5 heteroatoms. The van der Waals surface area contributed by atoms with E-state index >= 15 is 0 Å². The van der Waals surface area contributed by atoms with Gasteiger partial charge in [0.15, 0.2) is 0 Å². The molecule has 0 spiro atoms. The minimum Gasteiger partial charge on any atom is -0.313 e. The first-order valence-electron chi connectivity index (χ1n) is 7.19. The Morgan fingerprint density at radius 3 is 2.81 bits per heavy atom. The van der Waals surface area contributed by atoms with E-state index in [2.05, 4.69) is 63.6 Å². The molecule has 1 unspecified atom stereocenters. The Kier molecular flexibility index (Phi) is 6.33. The van der Waals surface area contributed by atoms with Gasteiger partial charge in [0.05, 0.1) is 5.69 Å². The van der Waals surface area contributed by atoms with Crippen LogP contribution in [0.2, 0.25) is 0 Å². The Bertz CT molecular complexity index is 583. The summed E-state index contributed by atoms with van der Waals surface area (Å²) in [6.45, 7) is 5.19. The van der Waals surface area contributed by atoms with E-state index in [4.69, 9.17) is 0 Å². The van der Waals surface area contributed by atoms with Gasteiger partial charge in [-0.2, -0.15) is 5.10 Å². The van der Waals surface area contributed by atoms with Crippen LogP contribution in [0.25, 0.3) is 0 Å². The van der Waals surface area contributed by atoms with Crippen LogP contribution in [0.15, 0.2) is 39.7 Å². The number of halogens is 1. The number of nitrogens with one attached hydrogen (secondary N) is 1. The minimum atomic E-state index is 0.453. The molecule has 1 heterocycles. The third-order valence-electron chi connectivity index (χ3n) is 3.29. The summed E-state index contributed by atoms with van der Waals surface area (Å²) in [4.78, 5) is 1.30. The molecule has 0 saturated carbocycles. The van der Waals surface area contributed by atoms with Gasteiger partial charge >= 0.3 is 0 Å². The van der Waals surface area contributed by atoms with Gasteiger partial charge in [0.25, 0.3) is 0 Å². The fraction of sp³-hybridized carbons (Fsp3) is 0.438. The number of hydrogen-bond donors (Lipinski definition) is 1. The molecule has 0 aliphatic rings. The molecule has 0 fully saturated rings. The summed E-state index contributed by atoms with van der Waals surface area (Å²) < 4.78 is 3.12. The summed E-state index contributed by atoms with van der Waals surface area (Å²) in [5.74, 6) is 1.05. The zero-order valence-electron chi connectivity index (χ0n) is 12.8. The number of hydrogen-bond acceptors (Lipinski definition) is 3. The van der Waals surface area contributed by atoms with E-state index in [1.165, 1.54) is 10.6 Å². The molecule has 1 aromatic heterocycles. The number of aromatic nitrogens is 2. The van der Waals surface area contributed by atoms with Crippen molar-refractivity contribution in [3.8, 4) is 0 Å². The number of benzene rings is 1. The summed E-state index contributed by atoms with van der Waals surface area (Å²) in [5.41, 5.74) is 2.37. The Morgan fingerprint density at radius 2 is 2.19 bits per heavy atom. The van der Waals surface area contributed by atoms with Gasteiger partial charge in [0, 0.05) is 40.3 Å². The molecule has 1 atom stereocenters. The molecule has 21 heavy (non-hydrogen) atoms. The van der Waals surface area contributed by atoms with E-state index in [1.807, 2.05) is 30.4 Å². The monoisotopic (exact) mass is 367 g/mol. The van der Waals surface area contributed by atoms with Crippen molar-refractivity contribution in [3.63, 3.8) is 0 Å². The largest absolute Gasteiger partial charge is 0.313 e. The predicted octanol–water partition coefficient (Wildman–Crippen LogP) is 3.80. The van der Waals surface area contributed by atoms with Crippen LogP contribution in [0, 0.1) is 6.92 Å². The Morgan fingerprint density at radius 1 is 1.38 bits per heavy atom. The average molecular weight is 368 g/mol. The number of thioether (sulfide) groups is 1. The van der Waals surface area contributed by atoms with E-state index in [1.54, 1.807) is 0 Å². The zero-order valence-corrected chi connectivity index (χ0v) is 15.2. The molecule has 2 aromatic rings. The zero-order chi connectivity index (χ0) is 15.2. The lowest BCUT2D eigenvalue weighted by molar-refractivity contribution is 0.549. The first-order valence-corrected chi connectivity index (χ1v) is 8.97. The second-order valence-electron chi connectivity index (χ2n) is 5.13. The molecule has 1 N–H and O–H groups in total. The second kappa shape index (κ2) is 8.01. The van der Waals surface area contributed by atoms with Crippen LogP contribution in [-0.2, 0) is 13.5 Å². The summed E-state index contributed by atoms with van der Waals surface area (Å²) in [7, 11) is 2.02. The lowest BCUT2D eigenvalue weighted by atomic mass is 10.1. The molecule has 0 aliphatic carbocycles. The first kappa shape index (κ1) is 16.6. The lowest BCUT2D eigenvalue weighted by Crippen LogP contribution is -2.33. The number of rotatable bonds is 7. The Labute approximate surface area is 139 Å². The van der Waals surface area contributed by atoms with Gasteiger partial charge in [-0.3, -0.25) is 4.68 Å². The molecule has 1 aromatic carbocycles. The molecule has 0 aliphatic heterocycles. The minimum absolute atomic E-state index is 0.453. The fourth-order valence-corrected chi connectivity index (χ4v) is 3.91. The van der Waals surface area contributed by atoms with Crippen molar-refractivity contribution < 1.29 is 0 Å². The van der Waals surface area contributed by atoms with Crippen LogP contribution < -0.4 is 5.32 Å². The summed E-state index contributed by atoms with van der Waals surface area (Å²) in [5, 5.41) is 8.01. The van der Waals surface area contributed by atoms with Crippen LogP contribution in [0.3, 0.4) is 0 Å². The first-order chi connectivity index (χ1) is 10.1. The smallest absolute Gasteiger partial charge is 0.0596 e. The maximum Gasteiger partial charge on any atom is 0.0596 e. The number of likely N-dealkylation sites (N-methyl/N-ethyl adjacent to an activating group) is 1. The van der Waals surface area contributed by atoms with Crippen molar-refractivity contribution in [2.75, 3.05) is 12.3 Å². The molecule has 114 valence electrons. The van der Waals surface area contributed by atoms with Crippen LogP contribution >= 0.6 is 27.7 Å². The molecule has 0 radical (unpaired) electrons. The fourth-order valence-electron chi connectivity index (χ4n) is 2.34. The van der Waals surface area contributed by atoms with Crippen LogP contribution in [0.1, 0.15) is 18.3 Å². The van der Waals surface area contributed by atoms with E-state index in [0.29, 0.717) is 6.04 Å². The average Bonchev–Trinajstić information content (AvgIpc) is 2.74. The van der Waals surface area contributed by atoms with Gasteiger partial charge in [0.1, 0.15) is 0 Å². The molecular weight excluding hydrogens is 346 g/mol. The normalized spacial score (nSPS) is 12.6. The Hall–Kier alpha value is -0.780. The highest BCUT2D eigenvalue weighted by atomic mass is 79.9. The maximum atomic E-state index is 4.43. The van der Waals surface area contributed by atoms with Crippen molar-refractivity contribution in [2.45, 2.75) is 31.2 Å². The maximum absolute atomic E-state index is 4.43. The molecule has 0 bridgehead atoms. The predicted molar refractivity (Wildman–Crippen MR) is 94.0 cm³/mol. The SMILES string of the molecule is CCNC(CSc1cccc(Br)c1)Cc1cc(C)nn1C. The molecule has 2 rings (SSSR count). The van der Waals surface area contributed by atoms with Crippen molar-refractivity contribution in [2.24, 2.45) is 7.05 Å². The number of nitrogens with zero attached hydrogens (tertiary/aromatic N) is 2. The van der Waals surface area contributed by atoms with Crippen LogP contribution in [0.5, 0.6) is 0 Å². The van der Waals surface area contributed by atoms with E-state index < -0.39 is 0 Å². The van der Waals surface area contributed by atoms with E-state index in [0.717, 1.165) is 28.9 Å². The molecule has 0 saturated heterocycles. The van der Waals surface area contributed by atoms with E-state index in [9.17, 15) is 0 Å². The van der Waals surface area contributed by atoms with E-state index in [-0.39, 0.29) is 0 Å². The highest BCUT2D eigenvalue weighted by Gasteiger charge is 2.12. The topological polar surface area (TPSA) is 29.9 Å². The highest BCUT2D eigenvalue weighted by Crippen LogP contribution is 2.23. The summed E-state index contributed by atoms with van der Waals surface area (Å²) >= 11 is 5.42. The highest BCUT2D eigenvalue weighted by molar-refractivity contribution is 9.10. The van der Waals surface area contributed by atoms with Crippen molar-refractivity contribution in [1.82, 2.24) is 15.1 Å². The van der Waals surface area contributed by atoms with Gasteiger partial charge < -0.3 is 5.32 Å². The quantitative estimate of drug-likeness (QED) is 0.754. The van der Waals surface area contributed by atoms with Gasteiger partial charge in [-0.1, -0.05) is 28.9 Å². The lowest BCUT2D eigenvalue weighted by Gasteiger charge is -2.17. The summed E-state index contributed by atoms with van der Waals surface area (Å²) in [6.07, 6.45) is 1.01. The van der Waals surface area contributed by atoms with Crippen molar-refractivity contribution >= 4 is 27.7 Å². The second-order valence-corrected chi connectivity index (χ2v) is 7.14. The number of aryl methyl sites for hydroxylation is 2. The third kappa shape index (κ3) is 5.16. The van der Waals surface area contributed by atoms with Crippen LogP contribution in [0.4, 0.5) is 0 Å². The molecular formula is C16H22BrN3S. The standard InChI is InChI=1S/C16H22BrN3S/c1-4-18-14(10-15-8-12(2)19-20(15)3)11-21-16-7-5-6-13(17)9-16/h5-9,14,18H,4,10-11H2,1-3H3. The van der Waals surface area contributed by atoms with Gasteiger partial charge in [-0.25, -0.2) is 0 Å². The van der Waals surface area contributed by atoms with Gasteiger partial charge in [-0.05, 0) is 37.7 Å². The van der Waals surface area contributed by atoms with Gasteiger partial charge in [0.2, 0.25) is 0 Å². The molecule has 0 amide bonds. The van der Waals surface area contributed by atoms with Crippen molar-refractivity contribution in [3.05, 3.63) is 46.2 Å². The van der Waals surface area contributed by atoms with Crippen molar-refractivity contribution in [1.29, 1.82) is 0 Å². The molecule has 3 nitrogen and oxygen atoms in total. The summed E-state index contributed by atoms with van der Waals surface area (Å²) in [6, 6.07) is 11.1. The van der Waals surface area contributed by atoms with Crippen LogP contribution in [-0.4, -0.2) is 28.1 Å². The Balaban J connectivity index is 1.97. The third-order valence-corrected chi connectivity index (χ3v) is 4.94.